The Morgan fingerprint density at radius 3 is 2.50 bits per heavy atom. The van der Waals surface area contributed by atoms with E-state index in [0.717, 1.165) is 12.3 Å². The minimum Gasteiger partial charge on any atom is -0.312 e. The largest absolute Gasteiger partial charge is 0.312 e. The zero-order valence-corrected chi connectivity index (χ0v) is 10.0. The maximum Gasteiger partial charge on any atom is 0.0672 e. The molecule has 0 aromatic carbocycles. The highest BCUT2D eigenvalue weighted by molar-refractivity contribution is 5.03. The summed E-state index contributed by atoms with van der Waals surface area (Å²) in [6.07, 6.45) is 10.8. The molecular weight excluding hydrogens is 196 g/mol. The molecule has 3 rings (SSSR count). The number of nitriles is 1. The molecule has 0 aliphatic heterocycles. The van der Waals surface area contributed by atoms with Crippen molar-refractivity contribution in [1.82, 2.24) is 5.32 Å². The van der Waals surface area contributed by atoms with E-state index in [4.69, 9.17) is 5.26 Å². The summed E-state index contributed by atoms with van der Waals surface area (Å²) in [5.74, 6) is 1.31. The highest BCUT2D eigenvalue weighted by atomic mass is 14.9. The van der Waals surface area contributed by atoms with Crippen LogP contribution in [0.15, 0.2) is 0 Å². The first-order chi connectivity index (χ1) is 7.84. The van der Waals surface area contributed by atoms with Crippen molar-refractivity contribution in [3.05, 3.63) is 0 Å². The Balaban J connectivity index is 1.53. The van der Waals surface area contributed by atoms with Crippen molar-refractivity contribution >= 4 is 0 Å². The Labute approximate surface area is 98.4 Å². The molecule has 16 heavy (non-hydrogen) atoms. The summed E-state index contributed by atoms with van der Waals surface area (Å²) in [6, 6.07) is 2.97. The molecule has 88 valence electrons. The lowest BCUT2D eigenvalue weighted by atomic mass is 9.65. The third-order valence-corrected chi connectivity index (χ3v) is 5.19. The van der Waals surface area contributed by atoms with Gasteiger partial charge in [-0.05, 0) is 49.9 Å². The number of hydrogen-bond donors (Lipinski definition) is 1. The van der Waals surface area contributed by atoms with Crippen molar-refractivity contribution < 1.29 is 0 Å². The quantitative estimate of drug-likeness (QED) is 0.787. The Hall–Kier alpha value is -0.550. The zero-order valence-electron chi connectivity index (χ0n) is 10.0. The first-order valence-corrected chi connectivity index (χ1v) is 6.97. The van der Waals surface area contributed by atoms with Crippen LogP contribution in [0.25, 0.3) is 0 Å². The Kier molecular flexibility index (Phi) is 2.67. The van der Waals surface area contributed by atoms with Crippen LogP contribution in [0.3, 0.4) is 0 Å². The van der Waals surface area contributed by atoms with Crippen LogP contribution < -0.4 is 5.32 Å². The van der Waals surface area contributed by atoms with Gasteiger partial charge < -0.3 is 5.32 Å². The molecule has 3 aliphatic carbocycles. The molecule has 0 heterocycles. The van der Waals surface area contributed by atoms with Gasteiger partial charge in [0, 0.05) is 12.6 Å². The lowest BCUT2D eigenvalue weighted by Crippen LogP contribution is -2.46. The van der Waals surface area contributed by atoms with Crippen molar-refractivity contribution in [2.75, 3.05) is 6.54 Å². The van der Waals surface area contributed by atoms with Gasteiger partial charge in [-0.25, -0.2) is 0 Å². The predicted octanol–water partition coefficient (Wildman–Crippen LogP) is 2.85. The second kappa shape index (κ2) is 4.04. The van der Waals surface area contributed by atoms with Crippen LogP contribution in [-0.4, -0.2) is 12.6 Å². The van der Waals surface area contributed by atoms with Crippen LogP contribution in [0.1, 0.15) is 51.4 Å². The predicted molar refractivity (Wildman–Crippen MR) is 63.8 cm³/mol. The minimum absolute atomic E-state index is 0.288. The van der Waals surface area contributed by atoms with Gasteiger partial charge in [0.15, 0.2) is 0 Å². The first kappa shape index (κ1) is 10.6. The molecule has 0 unspecified atom stereocenters. The summed E-state index contributed by atoms with van der Waals surface area (Å²) in [5.41, 5.74) is 0.655. The van der Waals surface area contributed by atoms with Crippen molar-refractivity contribution in [1.29, 1.82) is 5.26 Å². The third kappa shape index (κ3) is 1.76. The van der Waals surface area contributed by atoms with Crippen LogP contribution in [0, 0.1) is 28.6 Å². The molecule has 2 nitrogen and oxygen atoms in total. The zero-order chi connectivity index (χ0) is 11.0. The number of hydrogen-bond acceptors (Lipinski definition) is 2. The summed E-state index contributed by atoms with van der Waals surface area (Å²) < 4.78 is 0. The smallest absolute Gasteiger partial charge is 0.0672 e. The Bertz CT molecular complexity index is 296. The molecule has 1 N–H and O–H groups in total. The molecule has 0 spiro atoms. The lowest BCUT2D eigenvalue weighted by molar-refractivity contribution is 0.0934. The molecule has 0 amide bonds. The molecule has 0 bridgehead atoms. The Morgan fingerprint density at radius 2 is 1.94 bits per heavy atom. The SMILES string of the molecule is N#C[C@H]1CCC[C@H]1NCC1(C2CC2)CCC1. The highest BCUT2D eigenvalue weighted by Crippen LogP contribution is 2.56. The maximum atomic E-state index is 9.07. The highest BCUT2D eigenvalue weighted by Gasteiger charge is 2.49. The first-order valence-electron chi connectivity index (χ1n) is 6.97. The van der Waals surface area contributed by atoms with E-state index < -0.39 is 0 Å². The summed E-state index contributed by atoms with van der Waals surface area (Å²) in [7, 11) is 0. The summed E-state index contributed by atoms with van der Waals surface area (Å²) in [4.78, 5) is 0. The molecular formula is C14H22N2. The van der Waals surface area contributed by atoms with Gasteiger partial charge in [0.1, 0.15) is 0 Å². The molecule has 0 radical (unpaired) electrons. The average molecular weight is 218 g/mol. The van der Waals surface area contributed by atoms with E-state index in [9.17, 15) is 0 Å². The fourth-order valence-corrected chi connectivity index (χ4v) is 3.75. The molecule has 2 atom stereocenters. The van der Waals surface area contributed by atoms with Crippen LogP contribution in [0.4, 0.5) is 0 Å². The van der Waals surface area contributed by atoms with Gasteiger partial charge in [-0.15, -0.1) is 0 Å². The van der Waals surface area contributed by atoms with Crippen LogP contribution in [0.2, 0.25) is 0 Å². The molecule has 0 aromatic heterocycles. The molecule has 0 saturated heterocycles. The third-order valence-electron chi connectivity index (χ3n) is 5.19. The standard InChI is InChI=1S/C14H22N2/c15-9-11-3-1-4-13(11)16-10-14(7-2-8-14)12-5-6-12/h11-13,16H,1-8,10H2/t11-,13-/m1/s1. The van der Waals surface area contributed by atoms with E-state index >= 15 is 0 Å². The van der Waals surface area contributed by atoms with Gasteiger partial charge in [0.2, 0.25) is 0 Å². The molecule has 3 saturated carbocycles. The minimum atomic E-state index is 0.288. The second-order valence-corrected chi connectivity index (χ2v) is 6.14. The fourth-order valence-electron chi connectivity index (χ4n) is 3.75. The molecule has 3 fully saturated rings. The number of nitrogens with zero attached hydrogens (tertiary/aromatic N) is 1. The topological polar surface area (TPSA) is 35.8 Å². The van der Waals surface area contributed by atoms with Gasteiger partial charge in [0.25, 0.3) is 0 Å². The molecule has 3 aliphatic rings. The van der Waals surface area contributed by atoms with Crippen molar-refractivity contribution in [3.8, 4) is 6.07 Å². The van der Waals surface area contributed by atoms with Gasteiger partial charge in [0.05, 0.1) is 12.0 Å². The normalized spacial score (nSPS) is 36.7. The molecule has 0 aromatic rings. The van der Waals surface area contributed by atoms with Gasteiger partial charge in [-0.2, -0.15) is 5.26 Å². The number of nitrogens with one attached hydrogen (secondary N) is 1. The van der Waals surface area contributed by atoms with Crippen molar-refractivity contribution in [2.45, 2.75) is 57.4 Å². The van der Waals surface area contributed by atoms with E-state index in [0.29, 0.717) is 11.5 Å². The van der Waals surface area contributed by atoms with E-state index in [-0.39, 0.29) is 5.92 Å². The monoisotopic (exact) mass is 218 g/mol. The van der Waals surface area contributed by atoms with Crippen molar-refractivity contribution in [3.63, 3.8) is 0 Å². The van der Waals surface area contributed by atoms with Gasteiger partial charge in [-0.1, -0.05) is 12.8 Å². The fraction of sp³-hybridized carbons (Fsp3) is 0.929. The van der Waals surface area contributed by atoms with Gasteiger partial charge in [-0.3, -0.25) is 0 Å². The summed E-state index contributed by atoms with van der Waals surface area (Å²) in [5, 5.41) is 12.8. The van der Waals surface area contributed by atoms with E-state index in [1.54, 1.807) is 0 Å². The van der Waals surface area contributed by atoms with Crippen LogP contribution >= 0.6 is 0 Å². The number of rotatable bonds is 4. The van der Waals surface area contributed by atoms with Crippen LogP contribution in [-0.2, 0) is 0 Å². The average Bonchev–Trinajstić information content (AvgIpc) is 2.96. The Morgan fingerprint density at radius 1 is 1.12 bits per heavy atom. The van der Waals surface area contributed by atoms with E-state index in [2.05, 4.69) is 11.4 Å². The van der Waals surface area contributed by atoms with E-state index in [1.807, 2.05) is 0 Å². The summed E-state index contributed by atoms with van der Waals surface area (Å²) in [6.45, 7) is 1.19. The van der Waals surface area contributed by atoms with Crippen LogP contribution in [0.5, 0.6) is 0 Å². The maximum absolute atomic E-state index is 9.07. The molecule has 2 heteroatoms. The van der Waals surface area contributed by atoms with Gasteiger partial charge >= 0.3 is 0 Å². The van der Waals surface area contributed by atoms with E-state index in [1.165, 1.54) is 51.5 Å². The van der Waals surface area contributed by atoms with Crippen molar-refractivity contribution in [2.24, 2.45) is 17.3 Å². The second-order valence-electron chi connectivity index (χ2n) is 6.14. The lowest BCUT2D eigenvalue weighted by Gasteiger charge is -2.43. The summed E-state index contributed by atoms with van der Waals surface area (Å²) >= 11 is 0.